The van der Waals surface area contributed by atoms with Crippen molar-refractivity contribution in [3.8, 4) is 5.75 Å². The van der Waals surface area contributed by atoms with Gasteiger partial charge in [0.1, 0.15) is 5.75 Å². The molecule has 148 valence electrons. The number of fused-ring (bicyclic) bond motifs is 1. The minimum atomic E-state index is 0.102. The van der Waals surface area contributed by atoms with Gasteiger partial charge in [-0.1, -0.05) is 20.7 Å². The molecular formula is C23H29N2O2P. The van der Waals surface area contributed by atoms with Crippen LogP contribution in [0.1, 0.15) is 30.9 Å². The molecule has 5 heteroatoms. The lowest BCUT2D eigenvalue weighted by atomic mass is 9.87. The number of carbonyl (C=O) groups excluding carboxylic acids is 1. The number of rotatable bonds is 3. The fourth-order valence-corrected chi connectivity index (χ4v) is 5.85. The van der Waals surface area contributed by atoms with Gasteiger partial charge in [-0.05, 0) is 92.5 Å². The molecule has 28 heavy (non-hydrogen) atoms. The van der Waals surface area contributed by atoms with Crippen LogP contribution in [0.3, 0.4) is 0 Å². The molecule has 0 bridgehead atoms. The summed E-state index contributed by atoms with van der Waals surface area (Å²) < 4.78 is 5.38. The number of hydrogen-bond donors (Lipinski definition) is 0. The molecule has 0 N–H and O–H groups in total. The van der Waals surface area contributed by atoms with E-state index in [2.05, 4.69) is 43.3 Å². The van der Waals surface area contributed by atoms with Crippen molar-refractivity contribution < 1.29 is 9.53 Å². The number of methoxy groups -OCH3 is 1. The molecule has 1 saturated heterocycles. The molecule has 1 amide bonds. The van der Waals surface area contributed by atoms with E-state index in [1.807, 2.05) is 24.0 Å². The van der Waals surface area contributed by atoms with Crippen molar-refractivity contribution in [2.75, 3.05) is 27.2 Å². The summed E-state index contributed by atoms with van der Waals surface area (Å²) in [5.74, 6) is 1.71. The Kier molecular flexibility index (Phi) is 5.44. The molecule has 2 unspecified atom stereocenters. The van der Waals surface area contributed by atoms with Gasteiger partial charge in [0.25, 0.3) is 5.91 Å². The molecule has 0 saturated carbocycles. The summed E-state index contributed by atoms with van der Waals surface area (Å²) in [4.78, 5) is 17.4. The Morgan fingerprint density at radius 1 is 1.14 bits per heavy atom. The normalized spacial score (nSPS) is 24.6. The van der Waals surface area contributed by atoms with Gasteiger partial charge in [0.2, 0.25) is 0 Å². The van der Waals surface area contributed by atoms with Gasteiger partial charge in [-0.25, -0.2) is 0 Å². The molecule has 1 aromatic carbocycles. The quantitative estimate of drug-likeness (QED) is 0.711. The average Bonchev–Trinajstić information content (AvgIpc) is 2.69. The van der Waals surface area contributed by atoms with Crippen LogP contribution in [0, 0.1) is 12.8 Å². The predicted molar refractivity (Wildman–Crippen MR) is 117 cm³/mol. The zero-order valence-electron chi connectivity index (χ0n) is 17.2. The summed E-state index contributed by atoms with van der Waals surface area (Å²) in [5.41, 5.74) is 4.86. The third kappa shape index (κ3) is 3.68. The zero-order chi connectivity index (χ0) is 19.8. The number of allylic oxidation sites excluding steroid dienone is 2. The highest BCUT2D eigenvalue weighted by molar-refractivity contribution is 7.51. The van der Waals surface area contributed by atoms with Gasteiger partial charge < -0.3 is 14.5 Å². The van der Waals surface area contributed by atoms with E-state index in [1.54, 1.807) is 7.11 Å². The van der Waals surface area contributed by atoms with E-state index in [9.17, 15) is 4.79 Å². The Bertz CT molecular complexity index is 879. The van der Waals surface area contributed by atoms with Crippen molar-refractivity contribution in [1.82, 2.24) is 9.80 Å². The smallest absolute Gasteiger partial charge is 0.252 e. The van der Waals surface area contributed by atoms with Gasteiger partial charge >= 0.3 is 0 Å². The van der Waals surface area contributed by atoms with Gasteiger partial charge in [0.05, 0.1) is 12.9 Å². The van der Waals surface area contributed by atoms with Crippen molar-refractivity contribution >= 4 is 19.8 Å². The summed E-state index contributed by atoms with van der Waals surface area (Å²) in [6.45, 7) is 6.50. The maximum Gasteiger partial charge on any atom is 0.252 e. The number of ether oxygens (including phenoxy) is 1. The largest absolute Gasteiger partial charge is 0.496 e. The molecule has 0 spiro atoms. The summed E-state index contributed by atoms with van der Waals surface area (Å²) in [6.07, 6.45) is 8.66. The molecule has 0 aliphatic carbocycles. The number of carbonyl (C=O) groups is 1. The molecule has 3 aliphatic heterocycles. The summed E-state index contributed by atoms with van der Waals surface area (Å²) in [6, 6.07) is 6.19. The highest BCUT2D eigenvalue weighted by Gasteiger charge is 2.33. The fourth-order valence-electron chi connectivity index (χ4n) is 4.37. The van der Waals surface area contributed by atoms with E-state index >= 15 is 0 Å². The Morgan fingerprint density at radius 3 is 2.57 bits per heavy atom. The molecule has 0 radical (unpaired) electrons. The summed E-state index contributed by atoms with van der Waals surface area (Å²) in [7, 11) is 4.43. The second-order valence-corrected chi connectivity index (χ2v) is 9.50. The van der Waals surface area contributed by atoms with Crippen LogP contribution in [0.15, 0.2) is 47.7 Å². The molecule has 4 nitrogen and oxygen atoms in total. The zero-order valence-corrected chi connectivity index (χ0v) is 18.2. The van der Waals surface area contributed by atoms with Crippen LogP contribution >= 0.6 is 8.58 Å². The maximum absolute atomic E-state index is 13.0. The third-order valence-electron chi connectivity index (χ3n) is 6.10. The summed E-state index contributed by atoms with van der Waals surface area (Å²) >= 11 is 0. The SMILES string of the molecule is COc1ccc(C2=CC(=O)N3C=C(C4CCN(C)CC4)C=C(C)C3P2)cc1C. The third-order valence-corrected chi connectivity index (χ3v) is 7.85. The van der Waals surface area contributed by atoms with Crippen molar-refractivity contribution in [1.29, 1.82) is 0 Å². The number of amides is 1. The first-order chi connectivity index (χ1) is 13.5. The van der Waals surface area contributed by atoms with Gasteiger partial charge in [0.15, 0.2) is 0 Å². The van der Waals surface area contributed by atoms with E-state index in [4.69, 9.17) is 4.74 Å². The Balaban J connectivity index is 1.59. The fraction of sp³-hybridized carbons (Fsp3) is 0.435. The Hall–Kier alpha value is -1.90. The Labute approximate surface area is 169 Å². The van der Waals surface area contributed by atoms with Gasteiger partial charge in [-0.2, -0.15) is 0 Å². The van der Waals surface area contributed by atoms with E-state index in [1.165, 1.54) is 24.0 Å². The molecular weight excluding hydrogens is 367 g/mol. The van der Waals surface area contributed by atoms with Gasteiger partial charge in [-0.3, -0.25) is 4.79 Å². The first-order valence-electron chi connectivity index (χ1n) is 10.0. The van der Waals surface area contributed by atoms with Gasteiger partial charge in [-0.15, -0.1) is 0 Å². The number of aryl methyl sites for hydroxylation is 1. The van der Waals surface area contributed by atoms with Crippen LogP contribution in [0.5, 0.6) is 5.75 Å². The van der Waals surface area contributed by atoms with Crippen LogP contribution in [-0.4, -0.2) is 48.7 Å². The van der Waals surface area contributed by atoms with Crippen molar-refractivity contribution in [2.24, 2.45) is 5.92 Å². The second kappa shape index (κ2) is 7.85. The minimum absolute atomic E-state index is 0.102. The highest BCUT2D eigenvalue weighted by atomic mass is 31.1. The molecule has 4 rings (SSSR count). The van der Waals surface area contributed by atoms with Crippen LogP contribution < -0.4 is 4.74 Å². The molecule has 3 heterocycles. The topological polar surface area (TPSA) is 32.8 Å². The van der Waals surface area contributed by atoms with Crippen LogP contribution in [0.2, 0.25) is 0 Å². The lowest BCUT2D eigenvalue weighted by molar-refractivity contribution is -0.123. The predicted octanol–water partition coefficient (Wildman–Crippen LogP) is 4.38. The minimum Gasteiger partial charge on any atom is -0.496 e. The number of piperidine rings is 1. The first-order valence-corrected chi connectivity index (χ1v) is 11.1. The monoisotopic (exact) mass is 396 g/mol. The van der Waals surface area contributed by atoms with Gasteiger partial charge in [0, 0.05) is 12.3 Å². The molecule has 1 fully saturated rings. The van der Waals surface area contributed by atoms with E-state index < -0.39 is 0 Å². The van der Waals surface area contributed by atoms with E-state index in [-0.39, 0.29) is 11.7 Å². The molecule has 2 atom stereocenters. The second-order valence-electron chi connectivity index (χ2n) is 8.13. The maximum atomic E-state index is 13.0. The number of hydrogen-bond acceptors (Lipinski definition) is 3. The van der Waals surface area contributed by atoms with Crippen LogP contribution in [-0.2, 0) is 4.79 Å². The summed E-state index contributed by atoms with van der Waals surface area (Å²) in [5, 5.41) is 1.14. The van der Waals surface area contributed by atoms with Crippen LogP contribution in [0.25, 0.3) is 5.31 Å². The average molecular weight is 396 g/mol. The molecule has 1 aromatic rings. The van der Waals surface area contributed by atoms with Crippen molar-refractivity contribution in [2.45, 2.75) is 32.5 Å². The number of benzene rings is 1. The van der Waals surface area contributed by atoms with E-state index in [0.29, 0.717) is 14.5 Å². The Morgan fingerprint density at radius 2 is 1.89 bits per heavy atom. The molecule has 0 aromatic heterocycles. The standard InChI is InChI=1S/C23H29N2O2P/c1-15-11-18(5-6-20(15)27-4)21-13-22(26)25-14-19(12-16(2)23(25)28-21)17-7-9-24(3)10-8-17/h5-6,11-14,17,23,28H,7-10H2,1-4H3. The highest BCUT2D eigenvalue weighted by Crippen LogP contribution is 2.48. The molecule has 3 aliphatic rings. The van der Waals surface area contributed by atoms with Crippen LogP contribution in [0.4, 0.5) is 0 Å². The number of likely N-dealkylation sites (tertiary alicyclic amines) is 1. The van der Waals surface area contributed by atoms with Crippen molar-refractivity contribution in [3.05, 3.63) is 58.8 Å². The van der Waals surface area contributed by atoms with Crippen molar-refractivity contribution in [3.63, 3.8) is 0 Å². The lowest BCUT2D eigenvalue weighted by Crippen LogP contribution is -2.39. The number of nitrogens with zero attached hydrogens (tertiary/aromatic N) is 2. The lowest BCUT2D eigenvalue weighted by Gasteiger charge is -2.39. The van der Waals surface area contributed by atoms with E-state index in [0.717, 1.165) is 35.3 Å². The first kappa shape index (κ1) is 19.4.